The second kappa shape index (κ2) is 8.26. The fourth-order valence-corrected chi connectivity index (χ4v) is 2.24. The molecular weight excluding hydrogens is 246 g/mol. The van der Waals surface area contributed by atoms with Crippen molar-refractivity contribution in [2.45, 2.75) is 39.4 Å². The molecule has 18 heavy (non-hydrogen) atoms. The van der Waals surface area contributed by atoms with Gasteiger partial charge in [0.15, 0.2) is 0 Å². The van der Waals surface area contributed by atoms with Crippen molar-refractivity contribution < 1.29 is 0 Å². The molecule has 0 atom stereocenters. The topological polar surface area (TPSA) is 55.6 Å². The predicted molar refractivity (Wildman–Crippen MR) is 75.7 cm³/mol. The Morgan fingerprint density at radius 3 is 2.89 bits per heavy atom. The lowest BCUT2D eigenvalue weighted by atomic mass is 10.2. The van der Waals surface area contributed by atoms with E-state index in [4.69, 9.17) is 0 Å². The average molecular weight is 269 g/mol. The molecule has 0 amide bonds. The summed E-state index contributed by atoms with van der Waals surface area (Å²) < 4.78 is 1.86. The molecular formula is C12H23N5S. The molecule has 0 saturated heterocycles. The van der Waals surface area contributed by atoms with E-state index in [0.717, 1.165) is 30.5 Å². The lowest BCUT2D eigenvalue weighted by Crippen LogP contribution is -2.24. The zero-order valence-corrected chi connectivity index (χ0v) is 12.5. The molecule has 0 aliphatic heterocycles. The minimum absolute atomic E-state index is 0.672. The van der Waals surface area contributed by atoms with Crippen molar-refractivity contribution in [3.05, 3.63) is 11.6 Å². The maximum atomic E-state index is 4.03. The van der Waals surface area contributed by atoms with Crippen LogP contribution >= 0.6 is 11.8 Å². The molecule has 0 radical (unpaired) electrons. The van der Waals surface area contributed by atoms with Crippen LogP contribution in [0.1, 0.15) is 27.7 Å². The van der Waals surface area contributed by atoms with Crippen LogP contribution in [0.5, 0.6) is 0 Å². The molecule has 1 aromatic rings. The number of rotatable bonds is 8. The smallest absolute Gasteiger partial charge is 0.209 e. The van der Waals surface area contributed by atoms with E-state index in [1.807, 2.05) is 4.68 Å². The van der Waals surface area contributed by atoms with Crippen molar-refractivity contribution in [3.63, 3.8) is 0 Å². The first-order valence-electron chi connectivity index (χ1n) is 6.32. The van der Waals surface area contributed by atoms with Gasteiger partial charge in [0.25, 0.3) is 0 Å². The van der Waals surface area contributed by atoms with Gasteiger partial charge in [-0.1, -0.05) is 37.3 Å². The monoisotopic (exact) mass is 269 g/mol. The summed E-state index contributed by atoms with van der Waals surface area (Å²) in [5.74, 6) is 1.59. The molecule has 5 nitrogen and oxygen atoms in total. The normalized spacial score (nSPS) is 10.9. The number of tetrazole rings is 1. The molecule has 0 aliphatic rings. The number of aromatic nitrogens is 4. The van der Waals surface area contributed by atoms with Gasteiger partial charge in [-0.05, 0) is 36.7 Å². The van der Waals surface area contributed by atoms with Crippen molar-refractivity contribution >= 4 is 11.8 Å². The Morgan fingerprint density at radius 2 is 2.22 bits per heavy atom. The summed E-state index contributed by atoms with van der Waals surface area (Å²) in [5.41, 5.74) is 1.32. The van der Waals surface area contributed by atoms with E-state index in [1.165, 1.54) is 5.57 Å². The van der Waals surface area contributed by atoms with Gasteiger partial charge in [-0.25, -0.2) is 4.68 Å². The third-order valence-corrected chi connectivity index (χ3v) is 3.14. The summed E-state index contributed by atoms with van der Waals surface area (Å²) in [7, 11) is 0. The highest BCUT2D eigenvalue weighted by Crippen LogP contribution is 2.13. The summed E-state index contributed by atoms with van der Waals surface area (Å²) in [4.78, 5) is 0. The number of nitrogens with one attached hydrogen (secondary N) is 1. The maximum Gasteiger partial charge on any atom is 0.209 e. The van der Waals surface area contributed by atoms with E-state index in [0.29, 0.717) is 5.92 Å². The van der Waals surface area contributed by atoms with E-state index in [1.54, 1.807) is 11.8 Å². The molecule has 0 spiro atoms. The fraction of sp³-hybridized carbons (Fsp3) is 0.750. The number of hydrogen-bond donors (Lipinski definition) is 1. The third kappa shape index (κ3) is 6.16. The largest absolute Gasteiger partial charge is 0.315 e. The molecule has 6 heteroatoms. The molecule has 0 aliphatic carbocycles. The minimum atomic E-state index is 0.672. The first kappa shape index (κ1) is 15.2. The van der Waals surface area contributed by atoms with Crippen molar-refractivity contribution in [1.82, 2.24) is 25.5 Å². The van der Waals surface area contributed by atoms with Crippen molar-refractivity contribution in [2.24, 2.45) is 5.92 Å². The molecule has 102 valence electrons. The Labute approximate surface area is 113 Å². The maximum absolute atomic E-state index is 4.03. The SMILES string of the molecule is CC(C)=CCSc1nnnn1CCNCC(C)C. The van der Waals surface area contributed by atoms with E-state index in [2.05, 4.69) is 54.6 Å². The van der Waals surface area contributed by atoms with Gasteiger partial charge >= 0.3 is 0 Å². The van der Waals surface area contributed by atoms with Crippen molar-refractivity contribution in [1.29, 1.82) is 0 Å². The molecule has 1 aromatic heterocycles. The van der Waals surface area contributed by atoms with Crippen LogP contribution in [-0.4, -0.2) is 39.0 Å². The van der Waals surface area contributed by atoms with Crippen LogP contribution in [0.4, 0.5) is 0 Å². The van der Waals surface area contributed by atoms with Gasteiger partial charge in [0, 0.05) is 12.3 Å². The lowest BCUT2D eigenvalue weighted by molar-refractivity contribution is 0.482. The van der Waals surface area contributed by atoms with Crippen LogP contribution in [0, 0.1) is 5.92 Å². The summed E-state index contributed by atoms with van der Waals surface area (Å²) >= 11 is 1.67. The standard InChI is InChI=1S/C12H23N5S/c1-10(2)5-8-18-12-14-15-16-17(12)7-6-13-9-11(3)4/h5,11,13H,6-9H2,1-4H3. The Balaban J connectivity index is 2.33. The summed E-state index contributed by atoms with van der Waals surface area (Å²) in [6, 6.07) is 0. The molecule has 0 aromatic carbocycles. The first-order valence-corrected chi connectivity index (χ1v) is 7.31. The van der Waals surface area contributed by atoms with Crippen LogP contribution in [0.25, 0.3) is 0 Å². The highest BCUT2D eigenvalue weighted by Gasteiger charge is 2.05. The molecule has 1 N–H and O–H groups in total. The van der Waals surface area contributed by atoms with Gasteiger partial charge in [-0.2, -0.15) is 0 Å². The highest BCUT2D eigenvalue weighted by molar-refractivity contribution is 7.99. The van der Waals surface area contributed by atoms with E-state index < -0.39 is 0 Å². The zero-order chi connectivity index (χ0) is 13.4. The Hall–Kier alpha value is -0.880. The number of nitrogens with zero attached hydrogens (tertiary/aromatic N) is 4. The van der Waals surface area contributed by atoms with E-state index in [9.17, 15) is 0 Å². The summed E-state index contributed by atoms with van der Waals surface area (Å²) in [6.07, 6.45) is 2.18. The quantitative estimate of drug-likeness (QED) is 0.444. The van der Waals surface area contributed by atoms with Crippen LogP contribution in [0.15, 0.2) is 16.8 Å². The Morgan fingerprint density at radius 1 is 1.44 bits per heavy atom. The summed E-state index contributed by atoms with van der Waals surface area (Å²) in [5, 5.41) is 16.0. The number of hydrogen-bond acceptors (Lipinski definition) is 5. The van der Waals surface area contributed by atoms with Gasteiger partial charge in [0.05, 0.1) is 6.54 Å². The van der Waals surface area contributed by atoms with E-state index in [-0.39, 0.29) is 0 Å². The van der Waals surface area contributed by atoms with Crippen molar-refractivity contribution in [3.8, 4) is 0 Å². The number of thioether (sulfide) groups is 1. The van der Waals surface area contributed by atoms with Crippen LogP contribution in [0.3, 0.4) is 0 Å². The first-order chi connectivity index (χ1) is 8.59. The summed E-state index contributed by atoms with van der Waals surface area (Å²) in [6.45, 7) is 11.3. The minimum Gasteiger partial charge on any atom is -0.315 e. The second-order valence-electron chi connectivity index (χ2n) is 4.88. The van der Waals surface area contributed by atoms with Gasteiger partial charge in [0.2, 0.25) is 5.16 Å². The van der Waals surface area contributed by atoms with Crippen LogP contribution < -0.4 is 5.32 Å². The van der Waals surface area contributed by atoms with Gasteiger partial charge in [0.1, 0.15) is 0 Å². The van der Waals surface area contributed by atoms with Crippen LogP contribution in [-0.2, 0) is 6.54 Å². The lowest BCUT2D eigenvalue weighted by Gasteiger charge is -2.07. The van der Waals surface area contributed by atoms with E-state index >= 15 is 0 Å². The van der Waals surface area contributed by atoms with Crippen LogP contribution in [0.2, 0.25) is 0 Å². The van der Waals surface area contributed by atoms with Gasteiger partial charge < -0.3 is 5.32 Å². The molecule has 1 heterocycles. The molecule has 0 saturated carbocycles. The van der Waals surface area contributed by atoms with Gasteiger partial charge in [-0.3, -0.25) is 0 Å². The molecule has 1 rings (SSSR count). The van der Waals surface area contributed by atoms with Gasteiger partial charge in [-0.15, -0.1) is 5.10 Å². The Bertz CT molecular complexity index is 368. The highest BCUT2D eigenvalue weighted by atomic mass is 32.2. The van der Waals surface area contributed by atoms with Crippen molar-refractivity contribution in [2.75, 3.05) is 18.8 Å². The zero-order valence-electron chi connectivity index (χ0n) is 11.7. The molecule has 0 fully saturated rings. The molecule has 0 bridgehead atoms. The Kier molecular flexibility index (Phi) is 6.97. The third-order valence-electron chi connectivity index (χ3n) is 2.26. The fourth-order valence-electron chi connectivity index (χ4n) is 1.30. The average Bonchev–Trinajstić information content (AvgIpc) is 2.71. The second-order valence-corrected chi connectivity index (χ2v) is 5.86. The molecule has 0 unspecified atom stereocenters. The number of allylic oxidation sites excluding steroid dienone is 1. The predicted octanol–water partition coefficient (Wildman–Crippen LogP) is 1.98.